The van der Waals surface area contributed by atoms with E-state index in [0.717, 1.165) is 50.1 Å². The topological polar surface area (TPSA) is 26.8 Å². The van der Waals surface area contributed by atoms with Crippen molar-refractivity contribution < 1.29 is 13.6 Å². The third-order valence-electron chi connectivity index (χ3n) is 6.06. The van der Waals surface area contributed by atoms with E-state index in [1.54, 1.807) is 23.1 Å². The summed E-state index contributed by atoms with van der Waals surface area (Å²) >= 11 is 0. The minimum Gasteiger partial charge on any atom is -0.311 e. The predicted molar refractivity (Wildman–Crippen MR) is 110 cm³/mol. The largest absolute Gasteiger partial charge is 0.311 e. The van der Waals surface area contributed by atoms with E-state index in [9.17, 15) is 13.6 Å². The standard InChI is InChI=1S/C23H27F2N3O/c1-26-11-13-27(14-12-26)16-23(29)28-10-2-3-20(17-4-6-18(24)7-5-17)21-9-8-19(25)15-22(21)28/h4-9,15,20H,2-3,10-14,16H2,1H3/t20-/m0/s1. The molecule has 2 aliphatic heterocycles. The molecule has 2 aromatic carbocycles. The van der Waals surface area contributed by atoms with Crippen LogP contribution < -0.4 is 4.90 Å². The van der Waals surface area contributed by atoms with E-state index in [1.165, 1.54) is 24.3 Å². The third kappa shape index (κ3) is 4.49. The summed E-state index contributed by atoms with van der Waals surface area (Å²) in [5.74, 6) is -0.583. The number of piperazine rings is 1. The van der Waals surface area contributed by atoms with Crippen molar-refractivity contribution in [2.75, 3.05) is 51.2 Å². The van der Waals surface area contributed by atoms with Gasteiger partial charge in [0.25, 0.3) is 0 Å². The maximum absolute atomic E-state index is 14.1. The first-order valence-corrected chi connectivity index (χ1v) is 10.3. The minimum absolute atomic E-state index is 0.0150. The van der Waals surface area contributed by atoms with Crippen LogP contribution in [0.5, 0.6) is 0 Å². The van der Waals surface area contributed by atoms with Crippen LogP contribution in [0.1, 0.15) is 29.9 Å². The molecule has 6 heteroatoms. The maximum Gasteiger partial charge on any atom is 0.241 e. The molecule has 0 aliphatic carbocycles. The number of fused-ring (bicyclic) bond motifs is 1. The van der Waals surface area contributed by atoms with Crippen LogP contribution in [-0.2, 0) is 4.79 Å². The van der Waals surface area contributed by atoms with Crippen molar-refractivity contribution in [1.82, 2.24) is 9.80 Å². The summed E-state index contributed by atoms with van der Waals surface area (Å²) in [5, 5.41) is 0. The summed E-state index contributed by atoms with van der Waals surface area (Å²) < 4.78 is 27.5. The summed E-state index contributed by atoms with van der Waals surface area (Å²) in [5.41, 5.74) is 2.57. The fraction of sp³-hybridized carbons (Fsp3) is 0.435. The zero-order valence-corrected chi connectivity index (χ0v) is 16.8. The number of anilines is 1. The van der Waals surface area contributed by atoms with Gasteiger partial charge < -0.3 is 9.80 Å². The van der Waals surface area contributed by atoms with Crippen molar-refractivity contribution in [2.45, 2.75) is 18.8 Å². The zero-order valence-electron chi connectivity index (χ0n) is 16.8. The Morgan fingerprint density at radius 1 is 0.966 bits per heavy atom. The Kier molecular flexibility index (Phi) is 5.92. The van der Waals surface area contributed by atoms with Gasteiger partial charge in [-0.15, -0.1) is 0 Å². The van der Waals surface area contributed by atoms with Crippen LogP contribution in [0.2, 0.25) is 0 Å². The molecule has 1 fully saturated rings. The number of likely N-dealkylation sites (N-methyl/N-ethyl adjacent to an activating group) is 1. The van der Waals surface area contributed by atoms with E-state index in [1.807, 2.05) is 0 Å². The summed E-state index contributed by atoms with van der Waals surface area (Å²) in [4.78, 5) is 19.3. The molecule has 0 spiro atoms. The lowest BCUT2D eigenvalue weighted by Crippen LogP contribution is -2.49. The van der Waals surface area contributed by atoms with Gasteiger partial charge in [-0.2, -0.15) is 0 Å². The number of rotatable bonds is 3. The van der Waals surface area contributed by atoms with Gasteiger partial charge in [0.15, 0.2) is 0 Å². The second kappa shape index (κ2) is 8.59. The van der Waals surface area contributed by atoms with Crippen LogP contribution >= 0.6 is 0 Å². The average Bonchev–Trinajstić information content (AvgIpc) is 2.90. The normalized spacial score (nSPS) is 20.9. The van der Waals surface area contributed by atoms with E-state index in [4.69, 9.17) is 0 Å². The van der Waals surface area contributed by atoms with Gasteiger partial charge in [0, 0.05) is 38.6 Å². The molecule has 0 aromatic heterocycles. The first kappa shape index (κ1) is 20.0. The van der Waals surface area contributed by atoms with Crippen LogP contribution in [0.3, 0.4) is 0 Å². The smallest absolute Gasteiger partial charge is 0.241 e. The highest BCUT2D eigenvalue weighted by Gasteiger charge is 2.29. The average molecular weight is 399 g/mol. The highest BCUT2D eigenvalue weighted by molar-refractivity contribution is 5.96. The quantitative estimate of drug-likeness (QED) is 0.791. The summed E-state index contributed by atoms with van der Waals surface area (Å²) in [7, 11) is 2.09. The molecule has 29 heavy (non-hydrogen) atoms. The highest BCUT2D eigenvalue weighted by Crippen LogP contribution is 2.39. The summed E-state index contributed by atoms with van der Waals surface area (Å²) in [6, 6.07) is 11.2. The molecule has 2 aromatic rings. The van der Waals surface area contributed by atoms with E-state index >= 15 is 0 Å². The molecule has 154 valence electrons. The first-order chi connectivity index (χ1) is 14.0. The van der Waals surface area contributed by atoms with E-state index in [-0.39, 0.29) is 23.5 Å². The Hall–Kier alpha value is -2.31. The number of hydrogen-bond donors (Lipinski definition) is 0. The number of benzene rings is 2. The van der Waals surface area contributed by atoms with Gasteiger partial charge in [-0.3, -0.25) is 9.69 Å². The van der Waals surface area contributed by atoms with Gasteiger partial charge in [-0.05, 0) is 55.3 Å². The van der Waals surface area contributed by atoms with E-state index < -0.39 is 0 Å². The van der Waals surface area contributed by atoms with Gasteiger partial charge >= 0.3 is 0 Å². The van der Waals surface area contributed by atoms with E-state index in [0.29, 0.717) is 18.8 Å². The minimum atomic E-state index is -0.346. The fourth-order valence-electron chi connectivity index (χ4n) is 4.36. The molecule has 2 aliphatic rings. The number of hydrogen-bond acceptors (Lipinski definition) is 3. The number of nitrogens with zero attached hydrogens (tertiary/aromatic N) is 3. The molecule has 1 amide bonds. The molecule has 0 saturated carbocycles. The van der Waals surface area contributed by atoms with Crippen molar-refractivity contribution in [3.8, 4) is 0 Å². The molecule has 1 atom stereocenters. The predicted octanol–water partition coefficient (Wildman–Crippen LogP) is 3.47. The number of carbonyl (C=O) groups is 1. The van der Waals surface area contributed by atoms with Crippen LogP contribution in [0, 0.1) is 11.6 Å². The monoisotopic (exact) mass is 399 g/mol. The van der Waals surface area contributed by atoms with E-state index in [2.05, 4.69) is 16.8 Å². The van der Waals surface area contributed by atoms with Gasteiger partial charge in [0.1, 0.15) is 11.6 Å². The lowest BCUT2D eigenvalue weighted by atomic mass is 9.87. The van der Waals surface area contributed by atoms with Gasteiger partial charge in [0.2, 0.25) is 5.91 Å². The molecule has 4 nitrogen and oxygen atoms in total. The van der Waals surface area contributed by atoms with Gasteiger partial charge in [-0.1, -0.05) is 18.2 Å². The second-order valence-corrected chi connectivity index (χ2v) is 8.07. The molecular formula is C23H27F2N3O. The highest BCUT2D eigenvalue weighted by atomic mass is 19.1. The van der Waals surface area contributed by atoms with Crippen LogP contribution in [0.25, 0.3) is 0 Å². The van der Waals surface area contributed by atoms with Crippen molar-refractivity contribution in [1.29, 1.82) is 0 Å². The van der Waals surface area contributed by atoms with Crippen LogP contribution in [0.15, 0.2) is 42.5 Å². The Morgan fingerprint density at radius 2 is 1.66 bits per heavy atom. The van der Waals surface area contributed by atoms with Crippen LogP contribution in [-0.4, -0.2) is 62.0 Å². The molecule has 2 heterocycles. The zero-order chi connectivity index (χ0) is 20.4. The summed E-state index contributed by atoms with van der Waals surface area (Å²) in [6.45, 7) is 4.55. The molecular weight excluding hydrogens is 372 g/mol. The lowest BCUT2D eigenvalue weighted by Gasteiger charge is -2.33. The Labute approximate surface area is 170 Å². The van der Waals surface area contributed by atoms with Crippen molar-refractivity contribution in [3.05, 3.63) is 65.2 Å². The maximum atomic E-state index is 14.1. The van der Waals surface area contributed by atoms with Crippen molar-refractivity contribution >= 4 is 11.6 Å². The summed E-state index contributed by atoms with van der Waals surface area (Å²) in [6.07, 6.45) is 1.65. The Morgan fingerprint density at radius 3 is 2.38 bits per heavy atom. The Balaban J connectivity index is 1.61. The van der Waals surface area contributed by atoms with Crippen molar-refractivity contribution in [2.24, 2.45) is 0 Å². The third-order valence-corrected chi connectivity index (χ3v) is 6.06. The van der Waals surface area contributed by atoms with Gasteiger partial charge in [-0.25, -0.2) is 8.78 Å². The lowest BCUT2D eigenvalue weighted by molar-refractivity contribution is -0.120. The van der Waals surface area contributed by atoms with Crippen LogP contribution in [0.4, 0.5) is 14.5 Å². The van der Waals surface area contributed by atoms with Crippen molar-refractivity contribution in [3.63, 3.8) is 0 Å². The molecule has 0 bridgehead atoms. The molecule has 4 rings (SSSR count). The molecule has 0 unspecified atom stereocenters. The first-order valence-electron chi connectivity index (χ1n) is 10.3. The SMILES string of the molecule is CN1CCN(CC(=O)N2CCC[C@@H](c3ccc(F)cc3)c3ccc(F)cc32)CC1. The molecule has 1 saturated heterocycles. The van der Waals surface area contributed by atoms with Gasteiger partial charge in [0.05, 0.1) is 12.2 Å². The number of halogens is 2. The second-order valence-electron chi connectivity index (χ2n) is 8.07. The number of amides is 1. The molecule has 0 radical (unpaired) electrons. The molecule has 0 N–H and O–H groups in total. The fourth-order valence-corrected chi connectivity index (χ4v) is 4.36. The number of carbonyl (C=O) groups excluding carboxylic acids is 1. The Bertz CT molecular complexity index is 863.